The molecular formula is C12H9F3O3. The van der Waals surface area contributed by atoms with Crippen LogP contribution in [0.3, 0.4) is 0 Å². The molecule has 0 bridgehead atoms. The summed E-state index contributed by atoms with van der Waals surface area (Å²) in [5.74, 6) is 2.82. The van der Waals surface area contributed by atoms with Crippen molar-refractivity contribution in [2.24, 2.45) is 0 Å². The highest BCUT2D eigenvalue weighted by atomic mass is 19.4. The number of carbonyl (C=O) groups excluding carboxylic acids is 1. The Balaban J connectivity index is 3.06. The molecule has 0 aliphatic rings. The van der Waals surface area contributed by atoms with Gasteiger partial charge in [0.15, 0.2) is 0 Å². The Morgan fingerprint density at radius 1 is 1.44 bits per heavy atom. The Bertz CT molecular complexity index is 510. The van der Waals surface area contributed by atoms with Gasteiger partial charge in [-0.1, -0.05) is 5.92 Å². The van der Waals surface area contributed by atoms with Gasteiger partial charge in [-0.15, -0.1) is 0 Å². The van der Waals surface area contributed by atoms with Gasteiger partial charge in [0, 0.05) is 5.92 Å². The standard InChI is InChI=1S/C12H9F3O3/c1-2-18-11(17)6-3-8-7-9(12(13,14)15)4-5-10(8)16/h4-5,7,16H,2H2,1H3. The molecule has 0 saturated heterocycles. The first-order valence-electron chi connectivity index (χ1n) is 4.93. The van der Waals surface area contributed by atoms with Gasteiger partial charge >= 0.3 is 12.1 Å². The van der Waals surface area contributed by atoms with Crippen molar-refractivity contribution >= 4 is 5.97 Å². The molecule has 3 nitrogen and oxygen atoms in total. The maximum Gasteiger partial charge on any atom is 0.416 e. The van der Waals surface area contributed by atoms with E-state index in [0.29, 0.717) is 6.07 Å². The maximum atomic E-state index is 12.4. The van der Waals surface area contributed by atoms with Gasteiger partial charge in [0.2, 0.25) is 0 Å². The highest BCUT2D eigenvalue weighted by Crippen LogP contribution is 2.31. The number of esters is 1. The van der Waals surface area contributed by atoms with Gasteiger partial charge in [-0.25, -0.2) is 4.79 Å². The Hall–Kier alpha value is -2.16. The summed E-state index contributed by atoms with van der Waals surface area (Å²) in [6, 6.07) is 2.27. The smallest absolute Gasteiger partial charge is 0.416 e. The van der Waals surface area contributed by atoms with E-state index in [0.717, 1.165) is 12.1 Å². The molecule has 96 valence electrons. The second kappa shape index (κ2) is 5.45. The number of rotatable bonds is 1. The first kappa shape index (κ1) is 13.9. The van der Waals surface area contributed by atoms with Crippen LogP contribution in [0, 0.1) is 11.8 Å². The second-order valence-corrected chi connectivity index (χ2v) is 3.20. The minimum absolute atomic E-state index is 0.113. The normalized spacial score (nSPS) is 10.4. The largest absolute Gasteiger partial charge is 0.507 e. The number of halogens is 3. The molecule has 0 radical (unpaired) electrons. The van der Waals surface area contributed by atoms with Crippen LogP contribution < -0.4 is 0 Å². The molecule has 0 saturated carbocycles. The molecule has 1 rings (SSSR count). The molecule has 0 fully saturated rings. The average Bonchev–Trinajstić information content (AvgIpc) is 2.26. The van der Waals surface area contributed by atoms with E-state index >= 15 is 0 Å². The Labute approximate surface area is 101 Å². The third-order valence-corrected chi connectivity index (χ3v) is 1.90. The minimum atomic E-state index is -4.53. The lowest BCUT2D eigenvalue weighted by Gasteiger charge is -2.07. The van der Waals surface area contributed by atoms with E-state index in [1.54, 1.807) is 6.92 Å². The first-order valence-corrected chi connectivity index (χ1v) is 4.93. The van der Waals surface area contributed by atoms with Crippen LogP contribution in [-0.2, 0) is 15.7 Å². The van der Waals surface area contributed by atoms with Crippen LogP contribution in [-0.4, -0.2) is 17.7 Å². The van der Waals surface area contributed by atoms with Crippen LogP contribution in [0.15, 0.2) is 18.2 Å². The quantitative estimate of drug-likeness (QED) is 0.621. The average molecular weight is 258 g/mol. The molecule has 0 atom stereocenters. The summed E-state index contributed by atoms with van der Waals surface area (Å²) in [7, 11) is 0. The zero-order chi connectivity index (χ0) is 13.8. The van der Waals surface area contributed by atoms with E-state index in [2.05, 4.69) is 10.7 Å². The summed E-state index contributed by atoms with van der Waals surface area (Å²) < 4.78 is 41.7. The number of carbonyl (C=O) groups is 1. The molecule has 0 aliphatic carbocycles. The van der Waals surface area contributed by atoms with Gasteiger partial charge in [0.05, 0.1) is 17.7 Å². The Morgan fingerprint density at radius 2 is 2.11 bits per heavy atom. The van der Waals surface area contributed by atoms with Crippen molar-refractivity contribution in [2.75, 3.05) is 6.61 Å². The van der Waals surface area contributed by atoms with E-state index < -0.39 is 23.5 Å². The molecule has 1 aromatic carbocycles. The summed E-state index contributed by atoms with van der Waals surface area (Å²) in [6.45, 7) is 1.68. The van der Waals surface area contributed by atoms with Crippen LogP contribution in [0.2, 0.25) is 0 Å². The zero-order valence-electron chi connectivity index (χ0n) is 9.34. The third-order valence-electron chi connectivity index (χ3n) is 1.90. The molecule has 1 N–H and O–H groups in total. The van der Waals surface area contributed by atoms with E-state index in [4.69, 9.17) is 0 Å². The van der Waals surface area contributed by atoms with Gasteiger partial charge in [-0.05, 0) is 25.1 Å². The molecule has 0 heterocycles. The monoisotopic (exact) mass is 258 g/mol. The van der Waals surface area contributed by atoms with Crippen molar-refractivity contribution in [1.29, 1.82) is 0 Å². The number of alkyl halides is 3. The third kappa shape index (κ3) is 3.70. The summed E-state index contributed by atoms with van der Waals surface area (Å²) in [6.07, 6.45) is -4.53. The highest BCUT2D eigenvalue weighted by molar-refractivity contribution is 5.89. The predicted octanol–water partition coefficient (Wildman–Crippen LogP) is 2.33. The Morgan fingerprint density at radius 3 is 2.67 bits per heavy atom. The van der Waals surface area contributed by atoms with Crippen molar-refractivity contribution in [3.05, 3.63) is 29.3 Å². The van der Waals surface area contributed by atoms with Crippen molar-refractivity contribution in [3.8, 4) is 17.6 Å². The summed E-state index contributed by atoms with van der Waals surface area (Å²) in [5, 5.41) is 9.32. The van der Waals surface area contributed by atoms with Gasteiger partial charge in [-0.2, -0.15) is 13.2 Å². The number of ether oxygens (including phenoxy) is 1. The molecule has 0 amide bonds. The summed E-state index contributed by atoms with van der Waals surface area (Å²) in [5.41, 5.74) is -1.23. The number of phenolic OH excluding ortho intramolecular Hbond substituents is 1. The molecule has 0 spiro atoms. The summed E-state index contributed by atoms with van der Waals surface area (Å²) in [4.78, 5) is 10.9. The van der Waals surface area contributed by atoms with Crippen LogP contribution in [0.25, 0.3) is 0 Å². The first-order chi connectivity index (χ1) is 8.34. The number of hydrogen-bond acceptors (Lipinski definition) is 3. The van der Waals surface area contributed by atoms with Crippen molar-refractivity contribution in [3.63, 3.8) is 0 Å². The number of benzene rings is 1. The van der Waals surface area contributed by atoms with Gasteiger partial charge < -0.3 is 9.84 Å². The molecule has 1 aromatic rings. The van der Waals surface area contributed by atoms with Crippen molar-refractivity contribution in [2.45, 2.75) is 13.1 Å². The zero-order valence-corrected chi connectivity index (χ0v) is 9.34. The van der Waals surface area contributed by atoms with E-state index in [9.17, 15) is 23.1 Å². The lowest BCUT2D eigenvalue weighted by atomic mass is 10.1. The van der Waals surface area contributed by atoms with E-state index in [1.807, 2.05) is 5.92 Å². The lowest BCUT2D eigenvalue weighted by molar-refractivity contribution is -0.138. The molecule has 0 aliphatic heterocycles. The second-order valence-electron chi connectivity index (χ2n) is 3.20. The molecule has 18 heavy (non-hydrogen) atoms. The fourth-order valence-electron chi connectivity index (χ4n) is 1.10. The van der Waals surface area contributed by atoms with E-state index in [-0.39, 0.29) is 12.2 Å². The van der Waals surface area contributed by atoms with Gasteiger partial charge in [-0.3, -0.25) is 0 Å². The van der Waals surface area contributed by atoms with Crippen molar-refractivity contribution in [1.82, 2.24) is 0 Å². The van der Waals surface area contributed by atoms with Gasteiger partial charge in [0.25, 0.3) is 0 Å². The topological polar surface area (TPSA) is 46.5 Å². The number of aromatic hydroxyl groups is 1. The molecule has 0 aromatic heterocycles. The van der Waals surface area contributed by atoms with E-state index in [1.165, 1.54) is 0 Å². The number of hydrogen-bond donors (Lipinski definition) is 1. The van der Waals surface area contributed by atoms with Crippen molar-refractivity contribution < 1.29 is 27.8 Å². The minimum Gasteiger partial charge on any atom is -0.507 e. The fourth-order valence-corrected chi connectivity index (χ4v) is 1.10. The predicted molar refractivity (Wildman–Crippen MR) is 56.6 cm³/mol. The highest BCUT2D eigenvalue weighted by Gasteiger charge is 2.30. The molecule has 0 unspecified atom stereocenters. The van der Waals surface area contributed by atoms with Crippen LogP contribution in [0.1, 0.15) is 18.1 Å². The van der Waals surface area contributed by atoms with Crippen LogP contribution >= 0.6 is 0 Å². The van der Waals surface area contributed by atoms with Gasteiger partial charge in [0.1, 0.15) is 5.75 Å². The number of phenols is 1. The van der Waals surface area contributed by atoms with Crippen LogP contribution in [0.4, 0.5) is 13.2 Å². The van der Waals surface area contributed by atoms with Crippen LogP contribution in [0.5, 0.6) is 5.75 Å². The molecular weight excluding hydrogens is 249 g/mol. The lowest BCUT2D eigenvalue weighted by Crippen LogP contribution is -2.05. The molecule has 6 heteroatoms. The fraction of sp³-hybridized carbons (Fsp3) is 0.250. The Kier molecular flexibility index (Phi) is 4.21. The summed E-state index contributed by atoms with van der Waals surface area (Å²) >= 11 is 0. The maximum absolute atomic E-state index is 12.4. The SMILES string of the molecule is CCOC(=O)C#Cc1cc(C(F)(F)F)ccc1O.